The van der Waals surface area contributed by atoms with E-state index in [1.165, 1.54) is 0 Å². The molecule has 0 radical (unpaired) electrons. The lowest BCUT2D eigenvalue weighted by atomic mass is 10.1. The van der Waals surface area contributed by atoms with Crippen LogP contribution in [0.2, 0.25) is 0 Å². The summed E-state index contributed by atoms with van der Waals surface area (Å²) in [5.41, 5.74) is 1.06. The molecule has 0 aromatic heterocycles. The van der Waals surface area contributed by atoms with Gasteiger partial charge in [0.15, 0.2) is 0 Å². The number of phenols is 1. The van der Waals surface area contributed by atoms with Crippen LogP contribution in [0.5, 0.6) is 5.75 Å². The number of halogens is 1. The van der Waals surface area contributed by atoms with Crippen LogP contribution in [0.3, 0.4) is 0 Å². The summed E-state index contributed by atoms with van der Waals surface area (Å²) in [6.07, 6.45) is 2.59. The molecule has 1 aromatic rings. The Morgan fingerprint density at radius 2 is 2.18 bits per heavy atom. The lowest BCUT2D eigenvalue weighted by Crippen LogP contribution is -1.79. The Bertz CT molecular complexity index is 248. The second-order valence-electron chi connectivity index (χ2n) is 2.31. The summed E-state index contributed by atoms with van der Waals surface area (Å²) in [4.78, 5) is 0. The van der Waals surface area contributed by atoms with Gasteiger partial charge in [-0.15, -0.1) is 6.58 Å². The molecular formula is C9H9BrO. The number of allylic oxidation sites excluding steroid dienone is 1. The number of phenolic OH excluding ortho intramolecular Hbond substituents is 1. The molecule has 0 fully saturated rings. The smallest absolute Gasteiger partial charge is 0.116 e. The molecule has 0 aliphatic rings. The SMILES string of the molecule is C=CCc1cc(O)cc(Br)c1. The topological polar surface area (TPSA) is 20.2 Å². The fourth-order valence-electron chi connectivity index (χ4n) is 0.918. The van der Waals surface area contributed by atoms with Gasteiger partial charge in [-0.05, 0) is 30.2 Å². The Morgan fingerprint density at radius 1 is 1.45 bits per heavy atom. The molecular weight excluding hydrogens is 204 g/mol. The summed E-state index contributed by atoms with van der Waals surface area (Å²) in [6.45, 7) is 3.62. The number of benzene rings is 1. The Hall–Kier alpha value is -0.760. The monoisotopic (exact) mass is 212 g/mol. The molecule has 0 bridgehead atoms. The Labute approximate surface area is 74.5 Å². The van der Waals surface area contributed by atoms with Crippen molar-refractivity contribution in [3.8, 4) is 5.75 Å². The number of hydrogen-bond donors (Lipinski definition) is 1. The minimum atomic E-state index is 0.288. The van der Waals surface area contributed by atoms with Gasteiger partial charge in [-0.1, -0.05) is 22.0 Å². The standard InChI is InChI=1S/C9H9BrO/c1-2-3-7-4-8(10)6-9(11)5-7/h2,4-6,11H,1,3H2. The molecule has 1 rings (SSSR count). The molecule has 2 heteroatoms. The molecule has 1 N–H and O–H groups in total. The summed E-state index contributed by atoms with van der Waals surface area (Å²) in [5, 5.41) is 9.16. The molecule has 11 heavy (non-hydrogen) atoms. The summed E-state index contributed by atoms with van der Waals surface area (Å²) < 4.78 is 0.898. The first-order chi connectivity index (χ1) is 5.22. The van der Waals surface area contributed by atoms with Gasteiger partial charge in [-0.2, -0.15) is 0 Å². The second-order valence-corrected chi connectivity index (χ2v) is 3.23. The van der Waals surface area contributed by atoms with Crippen molar-refractivity contribution in [2.45, 2.75) is 6.42 Å². The Kier molecular flexibility index (Phi) is 2.71. The van der Waals surface area contributed by atoms with Gasteiger partial charge in [0.2, 0.25) is 0 Å². The van der Waals surface area contributed by atoms with E-state index in [0.29, 0.717) is 0 Å². The lowest BCUT2D eigenvalue weighted by molar-refractivity contribution is 0.474. The molecule has 1 nitrogen and oxygen atoms in total. The quantitative estimate of drug-likeness (QED) is 0.749. The highest BCUT2D eigenvalue weighted by molar-refractivity contribution is 9.10. The first-order valence-corrected chi connectivity index (χ1v) is 4.11. The van der Waals surface area contributed by atoms with Gasteiger partial charge < -0.3 is 5.11 Å². The van der Waals surface area contributed by atoms with E-state index in [4.69, 9.17) is 5.11 Å². The van der Waals surface area contributed by atoms with Gasteiger partial charge in [0.05, 0.1) is 0 Å². The van der Waals surface area contributed by atoms with Crippen LogP contribution in [0.25, 0.3) is 0 Å². The van der Waals surface area contributed by atoms with Crippen LogP contribution in [0.1, 0.15) is 5.56 Å². The van der Waals surface area contributed by atoms with Gasteiger partial charge in [-0.25, -0.2) is 0 Å². The van der Waals surface area contributed by atoms with Crippen molar-refractivity contribution in [3.63, 3.8) is 0 Å². The Morgan fingerprint density at radius 3 is 2.73 bits per heavy atom. The van der Waals surface area contributed by atoms with E-state index in [-0.39, 0.29) is 5.75 Å². The highest BCUT2D eigenvalue weighted by Gasteiger charge is 1.95. The number of hydrogen-bond acceptors (Lipinski definition) is 1. The van der Waals surface area contributed by atoms with Crippen molar-refractivity contribution in [2.75, 3.05) is 0 Å². The van der Waals surface area contributed by atoms with E-state index >= 15 is 0 Å². The zero-order chi connectivity index (χ0) is 8.27. The molecule has 0 aliphatic carbocycles. The van der Waals surface area contributed by atoms with Crippen molar-refractivity contribution in [1.82, 2.24) is 0 Å². The summed E-state index contributed by atoms with van der Waals surface area (Å²) >= 11 is 3.29. The van der Waals surface area contributed by atoms with Crippen molar-refractivity contribution in [2.24, 2.45) is 0 Å². The third-order valence-electron chi connectivity index (χ3n) is 1.32. The van der Waals surface area contributed by atoms with Crippen molar-refractivity contribution >= 4 is 15.9 Å². The van der Waals surface area contributed by atoms with Gasteiger partial charge in [0.25, 0.3) is 0 Å². The predicted molar refractivity (Wildman–Crippen MR) is 49.7 cm³/mol. The van der Waals surface area contributed by atoms with E-state index in [1.807, 2.05) is 6.07 Å². The van der Waals surface area contributed by atoms with Gasteiger partial charge in [-0.3, -0.25) is 0 Å². The molecule has 0 atom stereocenters. The van der Waals surface area contributed by atoms with Crippen molar-refractivity contribution < 1.29 is 5.11 Å². The molecule has 0 aliphatic heterocycles. The summed E-state index contributed by atoms with van der Waals surface area (Å²) in [7, 11) is 0. The molecule has 0 saturated heterocycles. The fraction of sp³-hybridized carbons (Fsp3) is 0.111. The third kappa shape index (κ3) is 2.39. The average molecular weight is 213 g/mol. The van der Waals surface area contributed by atoms with E-state index in [1.54, 1.807) is 18.2 Å². The predicted octanol–water partition coefficient (Wildman–Crippen LogP) is 2.88. The molecule has 0 unspecified atom stereocenters. The maximum absolute atomic E-state index is 9.16. The number of aromatic hydroxyl groups is 1. The lowest BCUT2D eigenvalue weighted by Gasteiger charge is -1.98. The first kappa shape index (κ1) is 8.34. The largest absolute Gasteiger partial charge is 0.508 e. The molecule has 58 valence electrons. The van der Waals surface area contributed by atoms with Gasteiger partial charge >= 0.3 is 0 Å². The minimum Gasteiger partial charge on any atom is -0.508 e. The maximum atomic E-state index is 9.16. The maximum Gasteiger partial charge on any atom is 0.116 e. The highest BCUT2D eigenvalue weighted by atomic mass is 79.9. The number of rotatable bonds is 2. The molecule has 0 spiro atoms. The summed E-state index contributed by atoms with van der Waals surface area (Å²) in [5.74, 6) is 0.288. The average Bonchev–Trinajstić information content (AvgIpc) is 1.85. The Balaban J connectivity index is 2.98. The summed E-state index contributed by atoms with van der Waals surface area (Å²) in [6, 6.07) is 5.35. The van der Waals surface area contributed by atoms with Gasteiger partial charge in [0, 0.05) is 4.47 Å². The van der Waals surface area contributed by atoms with Crippen molar-refractivity contribution in [3.05, 3.63) is 40.9 Å². The van der Waals surface area contributed by atoms with Crippen LogP contribution in [-0.2, 0) is 6.42 Å². The van der Waals surface area contributed by atoms with Crippen LogP contribution < -0.4 is 0 Å². The highest BCUT2D eigenvalue weighted by Crippen LogP contribution is 2.20. The molecule has 0 saturated carbocycles. The van der Waals surface area contributed by atoms with Crippen LogP contribution in [-0.4, -0.2) is 5.11 Å². The van der Waals surface area contributed by atoms with E-state index in [2.05, 4.69) is 22.5 Å². The van der Waals surface area contributed by atoms with Crippen LogP contribution in [0.15, 0.2) is 35.3 Å². The fourth-order valence-corrected chi connectivity index (χ4v) is 1.45. The van der Waals surface area contributed by atoms with Gasteiger partial charge in [0.1, 0.15) is 5.75 Å². The van der Waals surface area contributed by atoms with Crippen LogP contribution >= 0.6 is 15.9 Å². The third-order valence-corrected chi connectivity index (χ3v) is 1.78. The van der Waals surface area contributed by atoms with E-state index in [9.17, 15) is 0 Å². The van der Waals surface area contributed by atoms with Crippen molar-refractivity contribution in [1.29, 1.82) is 0 Å². The van der Waals surface area contributed by atoms with Crippen LogP contribution in [0.4, 0.5) is 0 Å². The molecule has 0 heterocycles. The van der Waals surface area contributed by atoms with Crippen LogP contribution in [0, 0.1) is 0 Å². The molecule has 0 amide bonds. The van der Waals surface area contributed by atoms with E-state index < -0.39 is 0 Å². The molecule has 1 aromatic carbocycles. The minimum absolute atomic E-state index is 0.288. The normalized spacial score (nSPS) is 9.55. The second kappa shape index (κ2) is 3.58. The first-order valence-electron chi connectivity index (χ1n) is 3.31. The zero-order valence-electron chi connectivity index (χ0n) is 6.05. The van der Waals surface area contributed by atoms with E-state index in [0.717, 1.165) is 16.5 Å². The zero-order valence-corrected chi connectivity index (χ0v) is 7.63.